The van der Waals surface area contributed by atoms with Crippen LogP contribution in [0.15, 0.2) is 88.8 Å². The van der Waals surface area contributed by atoms with Crippen molar-refractivity contribution in [1.82, 2.24) is 9.55 Å². The van der Waals surface area contributed by atoms with Gasteiger partial charge in [0.25, 0.3) is 5.56 Å². The van der Waals surface area contributed by atoms with Gasteiger partial charge in [-0.2, -0.15) is 5.26 Å². The Morgan fingerprint density at radius 2 is 1.85 bits per heavy atom. The van der Waals surface area contributed by atoms with E-state index in [1.807, 2.05) is 30.3 Å². The maximum atomic E-state index is 13.4. The van der Waals surface area contributed by atoms with Crippen molar-refractivity contribution in [3.05, 3.63) is 89.2 Å². The number of thioether (sulfide) groups is 1. The molecule has 1 heterocycles. The number of benzene rings is 3. The van der Waals surface area contributed by atoms with E-state index < -0.39 is 0 Å². The Bertz CT molecular complexity index is 1400. The lowest BCUT2D eigenvalue weighted by atomic mass is 10.2. The van der Waals surface area contributed by atoms with Crippen LogP contribution in [0.2, 0.25) is 0 Å². The standard InChI is InChI=1S/C25H20N4O3S/c1-32-20-11-7-10-19(16-20)29-24(31)21-12-5-6-13-22(21)27-25(29)33-17-23(30)28(15-14-26)18-8-3-2-4-9-18/h2-13,16H,15,17H2,1H3. The van der Waals surface area contributed by atoms with Gasteiger partial charge in [0.05, 0.1) is 35.5 Å². The average Bonchev–Trinajstić information content (AvgIpc) is 2.86. The topological polar surface area (TPSA) is 88.2 Å². The number of anilines is 1. The molecule has 1 amide bonds. The summed E-state index contributed by atoms with van der Waals surface area (Å²) in [6.45, 7) is -0.0722. The highest BCUT2D eigenvalue weighted by molar-refractivity contribution is 7.99. The van der Waals surface area contributed by atoms with E-state index in [0.717, 1.165) is 11.8 Å². The van der Waals surface area contributed by atoms with Crippen molar-refractivity contribution < 1.29 is 9.53 Å². The second kappa shape index (κ2) is 10.0. The van der Waals surface area contributed by atoms with Gasteiger partial charge in [0, 0.05) is 11.8 Å². The third kappa shape index (κ3) is 4.73. The first-order chi connectivity index (χ1) is 16.1. The normalized spacial score (nSPS) is 10.5. The second-order valence-corrected chi connectivity index (χ2v) is 7.96. The van der Waals surface area contributed by atoms with E-state index in [4.69, 9.17) is 4.74 Å². The van der Waals surface area contributed by atoms with E-state index in [9.17, 15) is 14.9 Å². The number of hydrogen-bond acceptors (Lipinski definition) is 6. The van der Waals surface area contributed by atoms with E-state index in [0.29, 0.717) is 33.2 Å². The van der Waals surface area contributed by atoms with Gasteiger partial charge in [-0.15, -0.1) is 0 Å². The Morgan fingerprint density at radius 1 is 1.09 bits per heavy atom. The average molecular weight is 457 g/mol. The second-order valence-electron chi connectivity index (χ2n) is 7.02. The first-order valence-electron chi connectivity index (χ1n) is 10.1. The van der Waals surface area contributed by atoms with Crippen LogP contribution in [0.1, 0.15) is 0 Å². The molecule has 0 N–H and O–H groups in total. The first kappa shape index (κ1) is 22.1. The van der Waals surface area contributed by atoms with E-state index >= 15 is 0 Å². The Morgan fingerprint density at radius 3 is 2.61 bits per heavy atom. The summed E-state index contributed by atoms with van der Waals surface area (Å²) in [7, 11) is 1.56. The zero-order chi connectivity index (χ0) is 23.2. The predicted octanol–water partition coefficient (Wildman–Crippen LogP) is 4.04. The maximum absolute atomic E-state index is 13.4. The lowest BCUT2D eigenvalue weighted by Crippen LogP contribution is -2.33. The minimum Gasteiger partial charge on any atom is -0.497 e. The van der Waals surface area contributed by atoms with E-state index in [1.165, 1.54) is 9.47 Å². The molecule has 0 aliphatic rings. The van der Waals surface area contributed by atoms with Crippen molar-refractivity contribution in [2.24, 2.45) is 0 Å². The van der Waals surface area contributed by atoms with Crippen LogP contribution in [-0.2, 0) is 4.79 Å². The minimum absolute atomic E-state index is 0.00528. The van der Waals surface area contributed by atoms with Crippen LogP contribution in [0.5, 0.6) is 5.75 Å². The summed E-state index contributed by atoms with van der Waals surface area (Å²) in [5, 5.41) is 10.1. The van der Waals surface area contributed by atoms with Gasteiger partial charge in [0.15, 0.2) is 5.16 Å². The molecular formula is C25H20N4O3S. The molecule has 164 valence electrons. The Kier molecular flexibility index (Phi) is 6.72. The summed E-state index contributed by atoms with van der Waals surface area (Å²) >= 11 is 1.15. The van der Waals surface area contributed by atoms with Crippen molar-refractivity contribution in [2.75, 3.05) is 24.3 Å². The number of amides is 1. The molecule has 0 bridgehead atoms. The number of ether oxygens (including phenoxy) is 1. The molecule has 0 fully saturated rings. The van der Waals surface area contributed by atoms with Crippen molar-refractivity contribution in [1.29, 1.82) is 5.26 Å². The van der Waals surface area contributed by atoms with Gasteiger partial charge in [0.2, 0.25) is 5.91 Å². The van der Waals surface area contributed by atoms with Crippen molar-refractivity contribution in [2.45, 2.75) is 5.16 Å². The highest BCUT2D eigenvalue weighted by Crippen LogP contribution is 2.24. The SMILES string of the molecule is COc1cccc(-n2c(SCC(=O)N(CC#N)c3ccccc3)nc3ccccc3c2=O)c1. The van der Waals surface area contributed by atoms with Crippen LogP contribution in [0.4, 0.5) is 5.69 Å². The number of hydrogen-bond donors (Lipinski definition) is 0. The van der Waals surface area contributed by atoms with E-state index in [1.54, 1.807) is 61.7 Å². The quantitative estimate of drug-likeness (QED) is 0.237. The number of carbonyl (C=O) groups is 1. The molecule has 0 aliphatic heterocycles. The summed E-state index contributed by atoms with van der Waals surface area (Å²) in [4.78, 5) is 32.5. The number of nitrogens with zero attached hydrogens (tertiary/aromatic N) is 4. The fraction of sp³-hybridized carbons (Fsp3) is 0.120. The summed E-state index contributed by atoms with van der Waals surface area (Å²) in [5.74, 6) is 0.349. The van der Waals surface area contributed by atoms with Gasteiger partial charge in [-0.3, -0.25) is 19.1 Å². The van der Waals surface area contributed by atoms with Gasteiger partial charge in [-0.05, 0) is 36.4 Å². The Hall–Kier alpha value is -4.09. The predicted molar refractivity (Wildman–Crippen MR) is 129 cm³/mol. The zero-order valence-electron chi connectivity index (χ0n) is 17.8. The van der Waals surface area contributed by atoms with Crippen LogP contribution in [0, 0.1) is 11.3 Å². The summed E-state index contributed by atoms with van der Waals surface area (Å²) in [6.07, 6.45) is 0. The van der Waals surface area contributed by atoms with Crippen molar-refractivity contribution >= 4 is 34.3 Å². The molecule has 7 nitrogen and oxygen atoms in total. The molecule has 0 radical (unpaired) electrons. The molecule has 4 rings (SSSR count). The summed E-state index contributed by atoms with van der Waals surface area (Å²) in [5.41, 5.74) is 1.54. The van der Waals surface area contributed by atoms with Gasteiger partial charge in [-0.1, -0.05) is 48.2 Å². The molecule has 4 aromatic rings. The molecular weight excluding hydrogens is 436 g/mol. The highest BCUT2D eigenvalue weighted by atomic mass is 32.2. The lowest BCUT2D eigenvalue weighted by Gasteiger charge is -2.20. The number of nitriles is 1. The third-order valence-electron chi connectivity index (χ3n) is 4.98. The zero-order valence-corrected chi connectivity index (χ0v) is 18.7. The number of para-hydroxylation sites is 2. The summed E-state index contributed by atoms with van der Waals surface area (Å²) < 4.78 is 6.80. The monoisotopic (exact) mass is 456 g/mol. The van der Waals surface area contributed by atoms with Crippen molar-refractivity contribution in [3.63, 3.8) is 0 Å². The van der Waals surface area contributed by atoms with Gasteiger partial charge < -0.3 is 4.74 Å². The number of carbonyl (C=O) groups excluding carboxylic acids is 1. The van der Waals surface area contributed by atoms with Gasteiger partial charge in [-0.25, -0.2) is 4.98 Å². The highest BCUT2D eigenvalue weighted by Gasteiger charge is 2.19. The largest absolute Gasteiger partial charge is 0.497 e. The molecule has 8 heteroatoms. The molecule has 0 unspecified atom stereocenters. The third-order valence-corrected chi connectivity index (χ3v) is 5.90. The van der Waals surface area contributed by atoms with Crippen LogP contribution in [-0.4, -0.2) is 34.9 Å². The molecule has 0 aliphatic carbocycles. The molecule has 1 aromatic heterocycles. The molecule has 0 spiro atoms. The van der Waals surface area contributed by atoms with Crippen LogP contribution in [0.3, 0.4) is 0 Å². The first-order valence-corrected chi connectivity index (χ1v) is 11.1. The molecule has 3 aromatic carbocycles. The minimum atomic E-state index is -0.257. The van der Waals surface area contributed by atoms with Crippen LogP contribution < -0.4 is 15.2 Å². The Balaban J connectivity index is 1.73. The Labute approximate surface area is 194 Å². The fourth-order valence-corrected chi connectivity index (χ4v) is 4.28. The molecule has 0 atom stereocenters. The number of fused-ring (bicyclic) bond motifs is 1. The summed E-state index contributed by atoms with van der Waals surface area (Å²) in [6, 6.07) is 25.3. The van der Waals surface area contributed by atoms with Crippen LogP contribution in [0.25, 0.3) is 16.6 Å². The van der Waals surface area contributed by atoms with Gasteiger partial charge >= 0.3 is 0 Å². The van der Waals surface area contributed by atoms with E-state index in [2.05, 4.69) is 4.98 Å². The van der Waals surface area contributed by atoms with E-state index in [-0.39, 0.29) is 23.8 Å². The van der Waals surface area contributed by atoms with Gasteiger partial charge in [0.1, 0.15) is 12.3 Å². The number of rotatable bonds is 7. The van der Waals surface area contributed by atoms with Crippen molar-refractivity contribution in [3.8, 4) is 17.5 Å². The number of aromatic nitrogens is 2. The molecule has 0 saturated carbocycles. The molecule has 33 heavy (non-hydrogen) atoms. The molecule has 0 saturated heterocycles. The smallest absolute Gasteiger partial charge is 0.266 e. The lowest BCUT2D eigenvalue weighted by molar-refractivity contribution is -0.116. The maximum Gasteiger partial charge on any atom is 0.266 e. The fourth-order valence-electron chi connectivity index (χ4n) is 3.39. The van der Waals surface area contributed by atoms with Crippen LogP contribution >= 0.6 is 11.8 Å². The number of methoxy groups -OCH3 is 1.